The number of rotatable bonds is 15. The first-order valence-corrected chi connectivity index (χ1v) is 30.1. The Labute approximate surface area is 434 Å². The highest BCUT2D eigenvalue weighted by atomic mass is 28.2. The van der Waals surface area contributed by atoms with E-state index >= 15 is 0 Å². The third-order valence-electron chi connectivity index (χ3n) is 13.9. The Hall–Kier alpha value is -6.25. The van der Waals surface area contributed by atoms with Crippen molar-refractivity contribution in [1.29, 1.82) is 0 Å². The van der Waals surface area contributed by atoms with E-state index in [0.29, 0.717) is 56.3 Å². The van der Waals surface area contributed by atoms with Crippen LogP contribution >= 0.6 is 0 Å². The van der Waals surface area contributed by atoms with E-state index < -0.39 is 83.2 Å². The number of allylic oxidation sites excluding steroid dienone is 3. The van der Waals surface area contributed by atoms with Crippen LogP contribution in [-0.4, -0.2) is 83.2 Å². The van der Waals surface area contributed by atoms with Gasteiger partial charge in [0.15, 0.2) is 0 Å². The Bertz CT molecular complexity index is 2150. The van der Waals surface area contributed by atoms with E-state index in [-0.39, 0.29) is 22.6 Å². The van der Waals surface area contributed by atoms with Gasteiger partial charge in [-0.25, -0.2) is 43.7 Å². The largest absolute Gasteiger partial charge is 0.550 e. The van der Waals surface area contributed by atoms with Crippen LogP contribution < -0.4 is 15.6 Å². The van der Waals surface area contributed by atoms with Crippen LogP contribution in [0.25, 0.3) is 0 Å². The predicted octanol–water partition coefficient (Wildman–Crippen LogP) is 8.21. The van der Waals surface area contributed by atoms with Gasteiger partial charge in [0.05, 0.1) is 45.2 Å². The summed E-state index contributed by atoms with van der Waals surface area (Å²) < 4.78 is 16.8. The SMILES string of the molecule is CC(C)=C[SiH2]c1ccc(C(=O)OOC(=O)OC2CCC(C(C3CCC(OC(=O)OOC(=O)c4ccc([SiH2]C=C(C)C)cc4)CC3)C3CCC(OC(=O)OOC(=O)c4ccc([SiH2]C=C(C)C)cc4)CC3)CC2)cc1. The predicted molar refractivity (Wildman–Crippen MR) is 282 cm³/mol. The maximum Gasteiger partial charge on any atom is 0.550 e. The highest BCUT2D eigenvalue weighted by molar-refractivity contribution is 6.59. The molecule has 0 heterocycles. The van der Waals surface area contributed by atoms with Crippen molar-refractivity contribution in [3.63, 3.8) is 0 Å². The zero-order valence-electron chi connectivity index (χ0n) is 42.9. The van der Waals surface area contributed by atoms with Crippen LogP contribution in [0.3, 0.4) is 0 Å². The lowest BCUT2D eigenvalue weighted by Crippen LogP contribution is -2.39. The molecule has 0 unspecified atom stereocenters. The fourth-order valence-corrected chi connectivity index (χ4v) is 13.5. The molecule has 392 valence electrons. The van der Waals surface area contributed by atoms with E-state index in [9.17, 15) is 28.8 Å². The van der Waals surface area contributed by atoms with Gasteiger partial charge in [-0.3, -0.25) is 0 Å². The Morgan fingerprint density at radius 3 is 0.822 bits per heavy atom. The fraction of sp³-hybridized carbons (Fsp3) is 0.455. The summed E-state index contributed by atoms with van der Waals surface area (Å²) in [7, 11) is -1.76. The molecule has 15 nitrogen and oxygen atoms in total. The van der Waals surface area contributed by atoms with Gasteiger partial charge in [0.25, 0.3) is 0 Å². The van der Waals surface area contributed by atoms with Gasteiger partial charge in [-0.05, 0) is 179 Å². The molecule has 0 bridgehead atoms. The van der Waals surface area contributed by atoms with Crippen molar-refractivity contribution in [3.05, 3.63) is 123 Å². The summed E-state index contributed by atoms with van der Waals surface area (Å²) in [6.07, 6.45) is 3.80. The molecular formula is C55H70O15Si3. The number of carbonyl (C=O) groups excluding carboxylic acids is 6. The van der Waals surface area contributed by atoms with Crippen molar-refractivity contribution in [2.45, 2.75) is 137 Å². The monoisotopic (exact) mass is 1050 g/mol. The lowest BCUT2D eigenvalue weighted by molar-refractivity contribution is -0.209. The van der Waals surface area contributed by atoms with Gasteiger partial charge in [0, 0.05) is 0 Å². The van der Waals surface area contributed by atoms with Crippen LogP contribution in [-0.2, 0) is 43.5 Å². The summed E-state index contributed by atoms with van der Waals surface area (Å²) in [6.45, 7) is 12.3. The molecule has 3 aliphatic carbocycles. The first-order chi connectivity index (χ1) is 35.1. The second kappa shape index (κ2) is 28.3. The van der Waals surface area contributed by atoms with Crippen LogP contribution in [0.4, 0.5) is 14.4 Å². The Morgan fingerprint density at radius 2 is 0.603 bits per heavy atom. The number of ether oxygens (including phenoxy) is 3. The van der Waals surface area contributed by atoms with E-state index in [1.807, 2.05) is 36.4 Å². The molecule has 0 radical (unpaired) electrons. The van der Waals surface area contributed by atoms with Crippen LogP contribution in [0.5, 0.6) is 0 Å². The topological polar surface area (TPSA) is 185 Å². The van der Waals surface area contributed by atoms with Gasteiger partial charge in [-0.15, -0.1) is 0 Å². The third kappa shape index (κ3) is 18.6. The molecule has 0 N–H and O–H groups in total. The van der Waals surface area contributed by atoms with Crippen molar-refractivity contribution in [2.24, 2.45) is 23.7 Å². The van der Waals surface area contributed by atoms with E-state index in [1.165, 1.54) is 32.3 Å². The molecule has 18 heteroatoms. The number of benzene rings is 3. The molecule has 3 fully saturated rings. The van der Waals surface area contributed by atoms with E-state index in [1.54, 1.807) is 36.4 Å². The molecule has 0 aromatic heterocycles. The maximum atomic E-state index is 12.7. The van der Waals surface area contributed by atoms with Crippen molar-refractivity contribution in [2.75, 3.05) is 0 Å². The Morgan fingerprint density at radius 1 is 0.370 bits per heavy atom. The molecule has 73 heavy (non-hydrogen) atoms. The van der Waals surface area contributed by atoms with Crippen LogP contribution in [0.1, 0.15) is 150 Å². The Kier molecular flexibility index (Phi) is 21.7. The van der Waals surface area contributed by atoms with Crippen LogP contribution in [0.2, 0.25) is 0 Å². The van der Waals surface area contributed by atoms with E-state index in [0.717, 1.165) is 38.5 Å². The second-order valence-corrected chi connectivity index (χ2v) is 25.1. The highest BCUT2D eigenvalue weighted by Crippen LogP contribution is 2.48. The number of hydrogen-bond acceptors (Lipinski definition) is 15. The Balaban J connectivity index is 0.985. The van der Waals surface area contributed by atoms with Crippen molar-refractivity contribution < 1.29 is 72.3 Å². The summed E-state index contributed by atoms with van der Waals surface area (Å²) in [5.41, 5.74) is 11.2. The van der Waals surface area contributed by atoms with Crippen molar-refractivity contribution >= 4 is 80.5 Å². The summed E-state index contributed by atoms with van der Waals surface area (Å²) in [6, 6.07) is 21.2. The maximum absolute atomic E-state index is 12.7. The van der Waals surface area contributed by atoms with Gasteiger partial charge in [-0.1, -0.05) is 85.8 Å². The van der Waals surface area contributed by atoms with Gasteiger partial charge < -0.3 is 14.2 Å². The molecule has 0 atom stereocenters. The van der Waals surface area contributed by atoms with Crippen LogP contribution in [0, 0.1) is 23.7 Å². The number of carbonyl (C=O) groups is 6. The second-order valence-electron chi connectivity index (χ2n) is 20.2. The minimum absolute atomic E-state index is 0.264. The third-order valence-corrected chi connectivity index (χ3v) is 19.8. The molecule has 0 spiro atoms. The molecule has 3 saturated carbocycles. The van der Waals surface area contributed by atoms with Crippen molar-refractivity contribution in [1.82, 2.24) is 0 Å². The van der Waals surface area contributed by atoms with Gasteiger partial charge in [-0.2, -0.15) is 14.4 Å². The average Bonchev–Trinajstić information content (AvgIpc) is 3.39. The molecule has 3 aliphatic rings. The first kappa shape index (κ1) is 56.1. The molecule has 0 saturated heterocycles. The molecule has 0 amide bonds. The smallest absolute Gasteiger partial charge is 0.428 e. The molecule has 0 aliphatic heterocycles. The highest BCUT2D eigenvalue weighted by Gasteiger charge is 2.42. The molecule has 6 rings (SSSR count). The minimum Gasteiger partial charge on any atom is -0.428 e. The lowest BCUT2D eigenvalue weighted by Gasteiger charge is -2.45. The first-order valence-electron chi connectivity index (χ1n) is 25.5. The van der Waals surface area contributed by atoms with Gasteiger partial charge in [0.1, 0.15) is 18.3 Å². The quantitative estimate of drug-likeness (QED) is 0.0466. The summed E-state index contributed by atoms with van der Waals surface area (Å²) in [4.78, 5) is 105. The normalized spacial score (nSPS) is 21.3. The zero-order valence-corrected chi connectivity index (χ0v) is 47.2. The standard InChI is InChI=1S/C55H70O15Si3/c1-34(2)31-71-46-25-13-40(14-26-46)50(56)65-68-53(59)62-43-19-7-37(8-20-43)49(38-9-21-44(22-10-38)63-54(60)69-66-51(57)41-15-27-47(28-16-41)72-32-35(3)4)39-11-23-45(24-12-39)64-55(61)70-67-52(58)42-17-29-48(30-18-42)73-33-36(5)6/h13-18,25-33,37-39,43-45,49H,7-12,19-24,71-73H2,1-6H3. The molecular weight excluding hydrogens is 985 g/mol. The molecule has 3 aromatic carbocycles. The van der Waals surface area contributed by atoms with Crippen molar-refractivity contribution in [3.8, 4) is 0 Å². The molecule has 3 aromatic rings. The number of hydrogen-bond donors (Lipinski definition) is 0. The summed E-state index contributed by atoms with van der Waals surface area (Å²) in [5, 5.41) is 3.50. The van der Waals surface area contributed by atoms with Gasteiger partial charge >= 0.3 is 36.4 Å². The fourth-order valence-electron chi connectivity index (χ4n) is 10.1. The van der Waals surface area contributed by atoms with E-state index in [2.05, 4.69) is 58.6 Å². The lowest BCUT2D eigenvalue weighted by atomic mass is 9.61. The minimum atomic E-state index is -1.07. The summed E-state index contributed by atoms with van der Waals surface area (Å²) in [5.74, 6) is -1.21. The average molecular weight is 1060 g/mol. The zero-order chi connectivity index (χ0) is 52.3. The van der Waals surface area contributed by atoms with Crippen LogP contribution in [0.15, 0.2) is 107 Å². The summed E-state index contributed by atoms with van der Waals surface area (Å²) >= 11 is 0. The van der Waals surface area contributed by atoms with E-state index in [4.69, 9.17) is 43.5 Å². The van der Waals surface area contributed by atoms with Gasteiger partial charge in [0.2, 0.25) is 0 Å².